The summed E-state index contributed by atoms with van der Waals surface area (Å²) in [7, 11) is -3.66. The van der Waals surface area contributed by atoms with Crippen molar-refractivity contribution >= 4 is 27.3 Å². The number of fused-ring (bicyclic) bond motifs is 1. The van der Waals surface area contributed by atoms with Crippen LogP contribution in [0.3, 0.4) is 0 Å². The Morgan fingerprint density at radius 2 is 1.89 bits per heavy atom. The maximum atomic E-state index is 12.6. The molecular weight excluding hydrogens is 368 g/mol. The van der Waals surface area contributed by atoms with Crippen LogP contribution in [0.15, 0.2) is 36.4 Å². The molecule has 1 aliphatic heterocycles. The van der Waals surface area contributed by atoms with Gasteiger partial charge in [0.2, 0.25) is 22.7 Å². The minimum Gasteiger partial charge on any atom is -0.454 e. The Balaban J connectivity index is 1.86. The van der Waals surface area contributed by atoms with Crippen molar-refractivity contribution in [1.82, 2.24) is 0 Å². The Hall–Kier alpha value is -2.74. The van der Waals surface area contributed by atoms with Gasteiger partial charge in [0, 0.05) is 11.8 Å². The Kier molecular flexibility index (Phi) is 5.27. The molecule has 1 N–H and O–H groups in total. The predicted octanol–water partition coefficient (Wildman–Crippen LogP) is 2.83. The zero-order valence-corrected chi connectivity index (χ0v) is 16.3. The van der Waals surface area contributed by atoms with Gasteiger partial charge < -0.3 is 14.8 Å². The van der Waals surface area contributed by atoms with Crippen LogP contribution in [0.5, 0.6) is 11.5 Å². The van der Waals surface area contributed by atoms with E-state index in [1.54, 1.807) is 24.3 Å². The van der Waals surface area contributed by atoms with Crippen LogP contribution in [0.1, 0.15) is 18.1 Å². The molecule has 0 fully saturated rings. The highest BCUT2D eigenvalue weighted by atomic mass is 32.2. The fourth-order valence-corrected chi connectivity index (χ4v) is 3.81. The summed E-state index contributed by atoms with van der Waals surface area (Å²) in [5.74, 6) is 0.461. The summed E-state index contributed by atoms with van der Waals surface area (Å²) < 4.78 is 36.8. The molecule has 1 amide bonds. The molecule has 0 spiro atoms. The maximum Gasteiger partial charge on any atom is 0.245 e. The quantitative estimate of drug-likeness (QED) is 0.820. The van der Waals surface area contributed by atoms with E-state index in [1.807, 2.05) is 26.0 Å². The van der Waals surface area contributed by atoms with Crippen molar-refractivity contribution in [3.05, 3.63) is 47.5 Å². The number of amides is 1. The number of nitrogens with one attached hydrogen (secondary N) is 1. The lowest BCUT2D eigenvalue weighted by molar-refractivity contribution is -0.114. The van der Waals surface area contributed by atoms with E-state index in [1.165, 1.54) is 6.92 Å². The molecule has 0 unspecified atom stereocenters. The second-order valence-electron chi connectivity index (χ2n) is 6.24. The lowest BCUT2D eigenvalue weighted by Gasteiger charge is -2.23. The molecule has 2 aromatic rings. The number of benzene rings is 2. The van der Waals surface area contributed by atoms with Gasteiger partial charge in [0.25, 0.3) is 0 Å². The third-order valence-electron chi connectivity index (χ3n) is 4.51. The fourth-order valence-electron chi connectivity index (χ4n) is 2.75. The largest absolute Gasteiger partial charge is 0.454 e. The van der Waals surface area contributed by atoms with Crippen LogP contribution in [-0.2, 0) is 14.8 Å². The molecule has 3 rings (SSSR count). The van der Waals surface area contributed by atoms with Gasteiger partial charge in [-0.2, -0.15) is 0 Å². The van der Waals surface area contributed by atoms with Crippen molar-refractivity contribution in [2.24, 2.45) is 0 Å². The topological polar surface area (TPSA) is 84.9 Å². The zero-order valence-electron chi connectivity index (χ0n) is 15.5. The number of ether oxygens (including phenoxy) is 2. The summed E-state index contributed by atoms with van der Waals surface area (Å²) >= 11 is 0. The van der Waals surface area contributed by atoms with Crippen LogP contribution in [0.25, 0.3) is 0 Å². The van der Waals surface area contributed by atoms with Crippen molar-refractivity contribution < 1.29 is 22.7 Å². The third-order valence-corrected chi connectivity index (χ3v) is 6.25. The van der Waals surface area contributed by atoms with Gasteiger partial charge in [-0.1, -0.05) is 12.1 Å². The van der Waals surface area contributed by atoms with E-state index >= 15 is 0 Å². The molecule has 144 valence electrons. The van der Waals surface area contributed by atoms with Gasteiger partial charge in [-0.25, -0.2) is 8.42 Å². The first-order valence-electron chi connectivity index (χ1n) is 8.58. The van der Waals surface area contributed by atoms with Crippen molar-refractivity contribution in [3.63, 3.8) is 0 Å². The predicted molar refractivity (Wildman–Crippen MR) is 104 cm³/mol. The van der Waals surface area contributed by atoms with E-state index in [2.05, 4.69) is 5.32 Å². The highest BCUT2D eigenvalue weighted by molar-refractivity contribution is 7.92. The molecule has 2 aromatic carbocycles. The Bertz CT molecular complexity index is 972. The molecule has 0 bridgehead atoms. The molecule has 0 aliphatic carbocycles. The highest BCUT2D eigenvalue weighted by Crippen LogP contribution is 2.36. The summed E-state index contributed by atoms with van der Waals surface area (Å²) in [5, 5.41) is 2.80. The number of aryl methyl sites for hydroxylation is 1. The first-order chi connectivity index (χ1) is 12.8. The molecule has 0 radical (unpaired) electrons. The number of carbonyl (C=O) groups excluding carboxylic acids is 1. The van der Waals surface area contributed by atoms with Gasteiger partial charge in [0.15, 0.2) is 11.5 Å². The minimum absolute atomic E-state index is 0.0897. The Labute approximate surface area is 158 Å². The molecule has 1 heterocycles. The average molecular weight is 390 g/mol. The third kappa shape index (κ3) is 4.00. The van der Waals surface area contributed by atoms with E-state index in [0.717, 1.165) is 15.4 Å². The standard InChI is InChI=1S/C19H22N2O5S/c1-4-27(23,24)21(15-8-9-17-18(10-15)26-12-25-17)11-19(22)20-16-7-5-6-13(2)14(16)3/h5-10H,4,11-12H2,1-3H3,(H,20,22). The highest BCUT2D eigenvalue weighted by Gasteiger charge is 2.26. The summed E-state index contributed by atoms with van der Waals surface area (Å²) in [4.78, 5) is 12.6. The molecule has 0 saturated heterocycles. The van der Waals surface area contributed by atoms with E-state index in [0.29, 0.717) is 22.9 Å². The lowest BCUT2D eigenvalue weighted by atomic mass is 10.1. The number of anilines is 2. The molecule has 8 heteroatoms. The molecular formula is C19H22N2O5S. The lowest BCUT2D eigenvalue weighted by Crippen LogP contribution is -2.39. The van der Waals surface area contributed by atoms with E-state index in [9.17, 15) is 13.2 Å². The molecule has 7 nitrogen and oxygen atoms in total. The number of hydrogen-bond donors (Lipinski definition) is 1. The van der Waals surface area contributed by atoms with Crippen molar-refractivity contribution in [2.75, 3.05) is 28.7 Å². The normalized spacial score (nSPS) is 12.7. The number of hydrogen-bond acceptors (Lipinski definition) is 5. The first kappa shape index (κ1) is 19.0. The van der Waals surface area contributed by atoms with Gasteiger partial charge in [-0.05, 0) is 50.1 Å². The van der Waals surface area contributed by atoms with Crippen LogP contribution in [-0.4, -0.2) is 33.4 Å². The van der Waals surface area contributed by atoms with Crippen LogP contribution in [0.2, 0.25) is 0 Å². The smallest absolute Gasteiger partial charge is 0.245 e. The fraction of sp³-hybridized carbons (Fsp3) is 0.316. The summed E-state index contributed by atoms with van der Waals surface area (Å²) in [5.41, 5.74) is 3.01. The molecule has 0 atom stereocenters. The summed E-state index contributed by atoms with van der Waals surface area (Å²) in [6.45, 7) is 5.16. The first-order valence-corrected chi connectivity index (χ1v) is 10.2. The monoisotopic (exact) mass is 390 g/mol. The molecule has 0 saturated carbocycles. The second-order valence-corrected chi connectivity index (χ2v) is 8.42. The number of nitrogens with zero attached hydrogens (tertiary/aromatic N) is 1. The van der Waals surface area contributed by atoms with Crippen LogP contribution < -0.4 is 19.1 Å². The SMILES string of the molecule is CCS(=O)(=O)N(CC(=O)Nc1cccc(C)c1C)c1ccc2c(c1)OCO2. The van der Waals surface area contributed by atoms with Crippen LogP contribution in [0, 0.1) is 13.8 Å². The van der Waals surface area contributed by atoms with Crippen molar-refractivity contribution in [1.29, 1.82) is 0 Å². The molecule has 27 heavy (non-hydrogen) atoms. The summed E-state index contributed by atoms with van der Waals surface area (Å²) in [6, 6.07) is 10.4. The zero-order chi connectivity index (χ0) is 19.6. The van der Waals surface area contributed by atoms with Gasteiger partial charge in [0.05, 0.1) is 11.4 Å². The second kappa shape index (κ2) is 7.48. The van der Waals surface area contributed by atoms with Crippen molar-refractivity contribution in [2.45, 2.75) is 20.8 Å². The van der Waals surface area contributed by atoms with Crippen molar-refractivity contribution in [3.8, 4) is 11.5 Å². The average Bonchev–Trinajstić information content (AvgIpc) is 3.11. The number of carbonyl (C=O) groups is 1. The van der Waals surface area contributed by atoms with Gasteiger partial charge in [-0.15, -0.1) is 0 Å². The van der Waals surface area contributed by atoms with E-state index in [4.69, 9.17) is 9.47 Å². The van der Waals surface area contributed by atoms with Gasteiger partial charge in [0.1, 0.15) is 6.54 Å². The van der Waals surface area contributed by atoms with Crippen LogP contribution >= 0.6 is 0 Å². The van der Waals surface area contributed by atoms with E-state index in [-0.39, 0.29) is 19.1 Å². The molecule has 1 aliphatic rings. The van der Waals surface area contributed by atoms with E-state index < -0.39 is 15.9 Å². The Morgan fingerprint density at radius 3 is 2.63 bits per heavy atom. The maximum absolute atomic E-state index is 12.6. The van der Waals surface area contributed by atoms with Gasteiger partial charge >= 0.3 is 0 Å². The number of sulfonamides is 1. The molecule has 0 aromatic heterocycles. The van der Waals surface area contributed by atoms with Crippen LogP contribution in [0.4, 0.5) is 11.4 Å². The van der Waals surface area contributed by atoms with Gasteiger partial charge in [-0.3, -0.25) is 9.10 Å². The summed E-state index contributed by atoms with van der Waals surface area (Å²) in [6.07, 6.45) is 0. The minimum atomic E-state index is -3.66. The number of rotatable bonds is 6. The Morgan fingerprint density at radius 1 is 1.15 bits per heavy atom.